The van der Waals surface area contributed by atoms with Crippen LogP contribution in [0.1, 0.15) is 18.4 Å². The van der Waals surface area contributed by atoms with E-state index in [1.54, 1.807) is 12.1 Å². The minimum Gasteiger partial charge on any atom is -0.493 e. The van der Waals surface area contributed by atoms with Gasteiger partial charge < -0.3 is 19.3 Å². The fourth-order valence-electron chi connectivity index (χ4n) is 2.91. The number of hydrogen-bond donors (Lipinski definition) is 1. The first-order valence-electron chi connectivity index (χ1n) is 8.49. The van der Waals surface area contributed by atoms with Crippen molar-refractivity contribution < 1.29 is 24.1 Å². The molecule has 0 aromatic heterocycles. The maximum Gasteiger partial charge on any atom is 0.304 e. The summed E-state index contributed by atoms with van der Waals surface area (Å²) in [6.07, 6.45) is 0.819. The Morgan fingerprint density at radius 1 is 1.08 bits per heavy atom. The number of carbonyl (C=O) groups is 1. The van der Waals surface area contributed by atoms with E-state index < -0.39 is 11.4 Å². The number of halogens is 1. The summed E-state index contributed by atoms with van der Waals surface area (Å²) in [6, 6.07) is 14.9. The van der Waals surface area contributed by atoms with Gasteiger partial charge in [0.2, 0.25) is 0 Å². The Kier molecular flexibility index (Phi) is 6.01. The van der Waals surface area contributed by atoms with E-state index in [1.165, 1.54) is 0 Å². The highest BCUT2D eigenvalue weighted by Gasteiger charge is 2.42. The van der Waals surface area contributed by atoms with Crippen LogP contribution in [0.2, 0.25) is 5.02 Å². The third kappa shape index (κ3) is 4.68. The minimum absolute atomic E-state index is 0.0774. The van der Waals surface area contributed by atoms with E-state index in [0.717, 1.165) is 23.5 Å². The molecule has 3 rings (SSSR count). The highest BCUT2D eigenvalue weighted by Crippen LogP contribution is 2.36. The molecule has 6 heteroatoms. The highest BCUT2D eigenvalue weighted by molar-refractivity contribution is 6.30. The summed E-state index contributed by atoms with van der Waals surface area (Å²) in [5, 5.41) is 9.74. The molecular formula is C20H21ClO5. The molecule has 26 heavy (non-hydrogen) atoms. The van der Waals surface area contributed by atoms with Crippen molar-refractivity contribution in [3.8, 4) is 11.5 Å². The van der Waals surface area contributed by atoms with Crippen LogP contribution in [0.15, 0.2) is 48.5 Å². The quantitative estimate of drug-likeness (QED) is 0.672. The molecule has 1 aliphatic heterocycles. The summed E-state index contributed by atoms with van der Waals surface area (Å²) in [7, 11) is 0. The number of carboxylic acid groups (broad SMARTS) is 1. The first-order chi connectivity index (χ1) is 12.6. The lowest BCUT2D eigenvalue weighted by molar-refractivity contribution is -0.145. The Balaban J connectivity index is 1.44. The molecular weight excluding hydrogens is 356 g/mol. The average molecular weight is 377 g/mol. The van der Waals surface area contributed by atoms with Gasteiger partial charge in [-0.2, -0.15) is 0 Å². The van der Waals surface area contributed by atoms with E-state index in [1.807, 2.05) is 36.4 Å². The van der Waals surface area contributed by atoms with E-state index in [9.17, 15) is 4.79 Å². The Bertz CT molecular complexity index is 740. The monoisotopic (exact) mass is 376 g/mol. The smallest absolute Gasteiger partial charge is 0.304 e. The first-order valence-corrected chi connectivity index (χ1v) is 8.86. The van der Waals surface area contributed by atoms with Gasteiger partial charge >= 0.3 is 5.97 Å². The Labute approximate surface area is 157 Å². The molecule has 5 nitrogen and oxygen atoms in total. The molecule has 1 saturated heterocycles. The zero-order chi connectivity index (χ0) is 18.4. The van der Waals surface area contributed by atoms with Crippen LogP contribution in [0.4, 0.5) is 0 Å². The zero-order valence-electron chi connectivity index (χ0n) is 14.3. The van der Waals surface area contributed by atoms with Crippen LogP contribution in [0, 0.1) is 0 Å². The van der Waals surface area contributed by atoms with Crippen molar-refractivity contribution in [2.24, 2.45) is 0 Å². The van der Waals surface area contributed by atoms with Crippen LogP contribution in [-0.2, 0) is 14.9 Å². The summed E-state index contributed by atoms with van der Waals surface area (Å²) < 4.78 is 16.6. The lowest BCUT2D eigenvalue weighted by Gasteiger charge is -2.40. The van der Waals surface area contributed by atoms with Crippen molar-refractivity contribution in [3.63, 3.8) is 0 Å². The minimum atomic E-state index is -0.812. The largest absolute Gasteiger partial charge is 0.493 e. The van der Waals surface area contributed by atoms with Crippen molar-refractivity contribution in [2.75, 3.05) is 26.4 Å². The van der Waals surface area contributed by atoms with E-state index in [0.29, 0.717) is 31.5 Å². The van der Waals surface area contributed by atoms with Gasteiger partial charge in [-0.05, 0) is 35.9 Å². The van der Waals surface area contributed by atoms with Gasteiger partial charge in [0.25, 0.3) is 0 Å². The Morgan fingerprint density at radius 2 is 1.77 bits per heavy atom. The third-order valence-corrected chi connectivity index (χ3v) is 4.57. The summed E-state index contributed by atoms with van der Waals surface area (Å²) >= 11 is 5.91. The predicted octanol–water partition coefficient (Wildman–Crippen LogP) is 3.93. The van der Waals surface area contributed by atoms with Crippen LogP contribution < -0.4 is 9.47 Å². The lowest BCUT2D eigenvalue weighted by Crippen LogP contribution is -2.48. The van der Waals surface area contributed by atoms with Crippen molar-refractivity contribution in [1.29, 1.82) is 0 Å². The summed E-state index contributed by atoms with van der Waals surface area (Å²) in [6.45, 7) is 1.96. The number of rotatable bonds is 9. The van der Waals surface area contributed by atoms with Gasteiger partial charge in [-0.3, -0.25) is 4.79 Å². The molecule has 1 heterocycles. The van der Waals surface area contributed by atoms with Crippen molar-refractivity contribution in [3.05, 3.63) is 59.1 Å². The van der Waals surface area contributed by atoms with Gasteiger partial charge in [0.15, 0.2) is 0 Å². The fraction of sp³-hybridized carbons (Fsp3) is 0.350. The summed E-state index contributed by atoms with van der Waals surface area (Å²) in [4.78, 5) is 11.1. The molecule has 0 radical (unpaired) electrons. The van der Waals surface area contributed by atoms with E-state index in [4.69, 9.17) is 30.9 Å². The number of carboxylic acids is 1. The van der Waals surface area contributed by atoms with Crippen LogP contribution in [0.25, 0.3) is 0 Å². The second kappa shape index (κ2) is 8.43. The van der Waals surface area contributed by atoms with Crippen LogP contribution in [-0.4, -0.2) is 37.5 Å². The molecule has 0 amide bonds. The number of ether oxygens (including phenoxy) is 3. The molecule has 1 N–H and O–H groups in total. The fourth-order valence-corrected chi connectivity index (χ4v) is 3.09. The van der Waals surface area contributed by atoms with Crippen LogP contribution in [0.3, 0.4) is 0 Å². The number of hydrogen-bond acceptors (Lipinski definition) is 4. The number of benzene rings is 2. The Hall–Kier alpha value is -2.24. The molecule has 2 aromatic rings. The normalized spacial score (nSPS) is 15.1. The van der Waals surface area contributed by atoms with E-state index >= 15 is 0 Å². The molecule has 2 aromatic carbocycles. The topological polar surface area (TPSA) is 65.0 Å². The average Bonchev–Trinajstić information content (AvgIpc) is 2.58. The third-order valence-electron chi connectivity index (χ3n) is 4.34. The van der Waals surface area contributed by atoms with Crippen molar-refractivity contribution in [1.82, 2.24) is 0 Å². The molecule has 0 spiro atoms. The molecule has 0 unspecified atom stereocenters. The van der Waals surface area contributed by atoms with Crippen molar-refractivity contribution in [2.45, 2.75) is 18.3 Å². The van der Waals surface area contributed by atoms with Gasteiger partial charge in [-0.15, -0.1) is 0 Å². The maximum absolute atomic E-state index is 11.1. The summed E-state index contributed by atoms with van der Waals surface area (Å²) in [5.74, 6) is 0.684. The van der Waals surface area contributed by atoms with Gasteiger partial charge in [-0.1, -0.05) is 29.8 Å². The van der Waals surface area contributed by atoms with Gasteiger partial charge in [0.05, 0.1) is 38.3 Å². The molecule has 0 aliphatic carbocycles. The molecule has 0 saturated carbocycles. The zero-order valence-corrected chi connectivity index (χ0v) is 15.1. The van der Waals surface area contributed by atoms with Crippen LogP contribution >= 0.6 is 11.6 Å². The van der Waals surface area contributed by atoms with Gasteiger partial charge in [0.1, 0.15) is 11.5 Å². The van der Waals surface area contributed by atoms with Gasteiger partial charge in [0, 0.05) is 11.4 Å². The molecule has 0 bridgehead atoms. The van der Waals surface area contributed by atoms with E-state index in [2.05, 4.69) is 0 Å². The molecule has 1 fully saturated rings. The van der Waals surface area contributed by atoms with Crippen molar-refractivity contribution >= 4 is 17.6 Å². The second-order valence-corrected chi connectivity index (χ2v) is 6.81. The Morgan fingerprint density at radius 3 is 2.35 bits per heavy atom. The molecule has 0 atom stereocenters. The second-order valence-electron chi connectivity index (χ2n) is 6.38. The predicted molar refractivity (Wildman–Crippen MR) is 98.3 cm³/mol. The standard InChI is InChI=1S/C20H21ClO5/c21-16-3-1-4-18(11-16)26-10-2-9-25-17-7-5-15(6-8-17)20(12-19(22)23)13-24-14-20/h1,3-8,11H,2,9-10,12-14H2,(H,22,23). The highest BCUT2D eigenvalue weighted by atomic mass is 35.5. The first kappa shape index (κ1) is 18.5. The SMILES string of the molecule is O=C(O)CC1(c2ccc(OCCCOc3cccc(Cl)c3)cc2)COC1. The van der Waals surface area contributed by atoms with Gasteiger partial charge in [-0.25, -0.2) is 0 Å². The maximum atomic E-state index is 11.1. The van der Waals surface area contributed by atoms with Crippen LogP contribution in [0.5, 0.6) is 11.5 Å². The lowest BCUT2D eigenvalue weighted by atomic mass is 9.76. The molecule has 1 aliphatic rings. The summed E-state index contributed by atoms with van der Waals surface area (Å²) in [5.41, 5.74) is 0.567. The van der Waals surface area contributed by atoms with E-state index in [-0.39, 0.29) is 6.42 Å². The number of aliphatic carboxylic acids is 1. The molecule has 138 valence electrons.